The summed E-state index contributed by atoms with van der Waals surface area (Å²) in [6.07, 6.45) is 6.78. The fourth-order valence-corrected chi connectivity index (χ4v) is 3.42. The predicted octanol–water partition coefficient (Wildman–Crippen LogP) is 3.53. The highest BCUT2D eigenvalue weighted by Crippen LogP contribution is 2.23. The van der Waals surface area contributed by atoms with Gasteiger partial charge in [0.15, 0.2) is 0 Å². The van der Waals surface area contributed by atoms with E-state index in [-0.39, 0.29) is 0 Å². The normalized spacial score (nSPS) is 19.1. The maximum Gasteiger partial charge on any atom is 0.232 e. The molecule has 1 saturated heterocycles. The molecule has 0 aromatic heterocycles. The smallest absolute Gasteiger partial charge is 0.232 e. The number of aryl methyl sites for hydroxylation is 2. The zero-order chi connectivity index (χ0) is 14.4. The standard InChI is InChI=1S/C17H25NOS/c1-14-6-3-4-8-16(14)10-9-15-7-5-11-18(12-15)17(19)13-20-2/h3-4,6,8,15H,5,7,9-13H2,1-2H3. The number of carbonyl (C=O) groups is 1. The van der Waals surface area contributed by atoms with Crippen LogP contribution < -0.4 is 0 Å². The first-order valence-corrected chi connectivity index (χ1v) is 8.91. The van der Waals surface area contributed by atoms with Crippen LogP contribution in [0.4, 0.5) is 0 Å². The molecule has 0 radical (unpaired) electrons. The van der Waals surface area contributed by atoms with Gasteiger partial charge in [-0.25, -0.2) is 0 Å². The Hall–Kier alpha value is -0.960. The molecule has 2 nitrogen and oxygen atoms in total. The van der Waals surface area contributed by atoms with E-state index in [4.69, 9.17) is 0 Å². The molecule has 0 saturated carbocycles. The van der Waals surface area contributed by atoms with Crippen molar-refractivity contribution in [3.05, 3.63) is 35.4 Å². The molecule has 0 bridgehead atoms. The molecule has 20 heavy (non-hydrogen) atoms. The first kappa shape index (κ1) is 15.4. The van der Waals surface area contributed by atoms with Gasteiger partial charge in [-0.3, -0.25) is 4.79 Å². The van der Waals surface area contributed by atoms with Gasteiger partial charge >= 0.3 is 0 Å². The fourth-order valence-electron chi connectivity index (χ4n) is 2.99. The number of hydrogen-bond acceptors (Lipinski definition) is 2. The Kier molecular flexibility index (Phi) is 5.96. The van der Waals surface area contributed by atoms with E-state index in [2.05, 4.69) is 36.1 Å². The van der Waals surface area contributed by atoms with Gasteiger partial charge in [-0.05, 0) is 55.9 Å². The third kappa shape index (κ3) is 4.27. The van der Waals surface area contributed by atoms with Crippen molar-refractivity contribution < 1.29 is 4.79 Å². The molecule has 1 aromatic rings. The molecule has 0 aliphatic carbocycles. The Labute approximate surface area is 126 Å². The van der Waals surface area contributed by atoms with Gasteiger partial charge in [-0.1, -0.05) is 24.3 Å². The highest BCUT2D eigenvalue weighted by atomic mass is 32.2. The summed E-state index contributed by atoms with van der Waals surface area (Å²) in [5, 5.41) is 0. The summed E-state index contributed by atoms with van der Waals surface area (Å²) in [6, 6.07) is 8.64. The van der Waals surface area contributed by atoms with Crippen LogP contribution in [0.2, 0.25) is 0 Å². The summed E-state index contributed by atoms with van der Waals surface area (Å²) in [7, 11) is 0. The van der Waals surface area contributed by atoms with Gasteiger partial charge in [-0.2, -0.15) is 11.8 Å². The number of amides is 1. The highest BCUT2D eigenvalue weighted by Gasteiger charge is 2.23. The zero-order valence-electron chi connectivity index (χ0n) is 12.6. The second-order valence-corrected chi connectivity index (χ2v) is 6.61. The first-order chi connectivity index (χ1) is 9.70. The third-order valence-electron chi connectivity index (χ3n) is 4.22. The molecule has 1 unspecified atom stereocenters. The number of hydrogen-bond donors (Lipinski definition) is 0. The predicted molar refractivity (Wildman–Crippen MR) is 87.2 cm³/mol. The quantitative estimate of drug-likeness (QED) is 0.827. The molecule has 1 aliphatic rings. The average Bonchev–Trinajstić information content (AvgIpc) is 2.47. The van der Waals surface area contributed by atoms with Gasteiger partial charge in [0.25, 0.3) is 0 Å². The van der Waals surface area contributed by atoms with Crippen molar-refractivity contribution in [1.82, 2.24) is 4.90 Å². The molecule has 0 N–H and O–H groups in total. The molecule has 0 spiro atoms. The zero-order valence-corrected chi connectivity index (χ0v) is 13.4. The topological polar surface area (TPSA) is 20.3 Å². The highest BCUT2D eigenvalue weighted by molar-refractivity contribution is 7.99. The van der Waals surface area contributed by atoms with Crippen molar-refractivity contribution in [2.24, 2.45) is 5.92 Å². The molecule has 1 amide bonds. The van der Waals surface area contributed by atoms with Gasteiger partial charge in [0.1, 0.15) is 0 Å². The molecule has 1 aliphatic heterocycles. The van der Waals surface area contributed by atoms with E-state index in [1.54, 1.807) is 11.8 Å². The lowest BCUT2D eigenvalue weighted by atomic mass is 9.90. The van der Waals surface area contributed by atoms with Crippen LogP contribution in [-0.2, 0) is 11.2 Å². The lowest BCUT2D eigenvalue weighted by molar-refractivity contribution is -0.130. The summed E-state index contributed by atoms with van der Waals surface area (Å²) < 4.78 is 0. The number of benzene rings is 1. The van der Waals surface area contributed by atoms with Crippen molar-refractivity contribution in [1.29, 1.82) is 0 Å². The van der Waals surface area contributed by atoms with Crippen molar-refractivity contribution in [2.75, 3.05) is 25.1 Å². The van der Waals surface area contributed by atoms with Gasteiger partial charge in [0, 0.05) is 13.1 Å². The van der Waals surface area contributed by atoms with E-state index < -0.39 is 0 Å². The second kappa shape index (κ2) is 7.72. The number of piperidine rings is 1. The molecule has 1 heterocycles. The summed E-state index contributed by atoms with van der Waals surface area (Å²) in [6.45, 7) is 4.11. The second-order valence-electron chi connectivity index (χ2n) is 5.75. The van der Waals surface area contributed by atoms with Crippen molar-refractivity contribution in [3.63, 3.8) is 0 Å². The van der Waals surface area contributed by atoms with E-state index in [0.717, 1.165) is 19.5 Å². The van der Waals surface area contributed by atoms with Crippen LogP contribution in [0, 0.1) is 12.8 Å². The monoisotopic (exact) mass is 291 g/mol. The van der Waals surface area contributed by atoms with Crippen LogP contribution in [0.1, 0.15) is 30.4 Å². The molecule has 1 atom stereocenters. The Bertz CT molecular complexity index is 446. The Balaban J connectivity index is 1.84. The molecule has 1 aromatic carbocycles. The summed E-state index contributed by atoms with van der Waals surface area (Å²) >= 11 is 1.63. The molecular formula is C17H25NOS. The fraction of sp³-hybridized carbons (Fsp3) is 0.588. The van der Waals surface area contributed by atoms with Crippen molar-refractivity contribution >= 4 is 17.7 Å². The summed E-state index contributed by atoms with van der Waals surface area (Å²) in [5.74, 6) is 1.62. The van der Waals surface area contributed by atoms with Crippen molar-refractivity contribution in [3.8, 4) is 0 Å². The number of carbonyl (C=O) groups excluding carboxylic acids is 1. The maximum absolute atomic E-state index is 12.0. The van der Waals surface area contributed by atoms with Gasteiger partial charge in [0.05, 0.1) is 5.75 Å². The Morgan fingerprint density at radius 3 is 2.95 bits per heavy atom. The Morgan fingerprint density at radius 1 is 1.40 bits per heavy atom. The van der Waals surface area contributed by atoms with Gasteiger partial charge in [0.2, 0.25) is 5.91 Å². The van der Waals surface area contributed by atoms with Crippen LogP contribution in [0.5, 0.6) is 0 Å². The summed E-state index contributed by atoms with van der Waals surface area (Å²) in [5.41, 5.74) is 2.85. The van der Waals surface area contributed by atoms with Crippen LogP contribution in [0.25, 0.3) is 0 Å². The first-order valence-electron chi connectivity index (χ1n) is 7.52. The number of nitrogens with zero attached hydrogens (tertiary/aromatic N) is 1. The number of thioether (sulfide) groups is 1. The molecule has 2 rings (SSSR count). The molecule has 1 fully saturated rings. The van der Waals surface area contributed by atoms with Crippen LogP contribution in [0.15, 0.2) is 24.3 Å². The SMILES string of the molecule is CSCC(=O)N1CCCC(CCc2ccccc2C)C1. The van der Waals surface area contributed by atoms with E-state index in [1.807, 2.05) is 6.26 Å². The lowest BCUT2D eigenvalue weighted by Gasteiger charge is -2.33. The van der Waals surface area contributed by atoms with Crippen LogP contribution >= 0.6 is 11.8 Å². The Morgan fingerprint density at radius 2 is 2.20 bits per heavy atom. The lowest BCUT2D eigenvalue weighted by Crippen LogP contribution is -2.41. The van der Waals surface area contributed by atoms with Gasteiger partial charge in [-0.15, -0.1) is 0 Å². The van der Waals surface area contributed by atoms with E-state index in [1.165, 1.54) is 30.4 Å². The third-order valence-corrected chi connectivity index (χ3v) is 4.76. The minimum absolute atomic E-state index is 0.318. The van der Waals surface area contributed by atoms with Gasteiger partial charge < -0.3 is 4.90 Å². The number of likely N-dealkylation sites (tertiary alicyclic amines) is 1. The molecular weight excluding hydrogens is 266 g/mol. The number of rotatable bonds is 5. The molecule has 110 valence electrons. The van der Waals surface area contributed by atoms with Crippen LogP contribution in [-0.4, -0.2) is 35.9 Å². The largest absolute Gasteiger partial charge is 0.342 e. The van der Waals surface area contributed by atoms with Crippen molar-refractivity contribution in [2.45, 2.75) is 32.6 Å². The van der Waals surface area contributed by atoms with E-state index in [9.17, 15) is 4.79 Å². The summed E-state index contributed by atoms with van der Waals surface area (Å²) in [4.78, 5) is 14.0. The van der Waals surface area contributed by atoms with E-state index in [0.29, 0.717) is 17.6 Å². The minimum Gasteiger partial charge on any atom is -0.342 e. The maximum atomic E-state index is 12.0. The van der Waals surface area contributed by atoms with Crippen LogP contribution in [0.3, 0.4) is 0 Å². The van der Waals surface area contributed by atoms with E-state index >= 15 is 0 Å². The molecule has 3 heteroatoms. The average molecular weight is 291 g/mol. The minimum atomic E-state index is 0.318.